The molecule has 0 rings (SSSR count). The van der Waals surface area contributed by atoms with Crippen molar-refractivity contribution in [2.24, 2.45) is 0 Å². The van der Waals surface area contributed by atoms with Crippen molar-refractivity contribution >= 4 is 17.9 Å². The SMILES string of the molecule is CC/C=C\C/C=C\C/C=C\C/C=C\C/C=C\C/C=C\CCC(=O)OCC(COC(=O)CCCCCCCCC/C=C\CCCCCC)OC(=O)CCCCCCCCCCCCCCCCCC. The molecular formula is C62H106O6. The van der Waals surface area contributed by atoms with Gasteiger partial charge in [-0.25, -0.2) is 0 Å². The molecule has 0 N–H and O–H groups in total. The Morgan fingerprint density at radius 3 is 1.00 bits per heavy atom. The van der Waals surface area contributed by atoms with E-state index in [0.29, 0.717) is 19.3 Å². The van der Waals surface area contributed by atoms with Gasteiger partial charge in [0.15, 0.2) is 6.10 Å². The Balaban J connectivity index is 4.48. The summed E-state index contributed by atoms with van der Waals surface area (Å²) in [5, 5.41) is 0. The molecule has 0 saturated heterocycles. The van der Waals surface area contributed by atoms with Crippen molar-refractivity contribution in [2.75, 3.05) is 13.2 Å². The number of carbonyl (C=O) groups excluding carboxylic acids is 3. The molecule has 0 radical (unpaired) electrons. The Labute approximate surface area is 420 Å². The van der Waals surface area contributed by atoms with Gasteiger partial charge >= 0.3 is 17.9 Å². The molecule has 0 aromatic heterocycles. The zero-order chi connectivity index (χ0) is 49.3. The topological polar surface area (TPSA) is 78.9 Å². The minimum atomic E-state index is -0.807. The van der Waals surface area contributed by atoms with Gasteiger partial charge in [0.2, 0.25) is 0 Å². The molecule has 0 saturated carbocycles. The molecule has 1 unspecified atom stereocenters. The summed E-state index contributed by atoms with van der Waals surface area (Å²) >= 11 is 0. The molecule has 0 aliphatic heterocycles. The molecule has 0 aromatic carbocycles. The number of carbonyl (C=O) groups is 3. The van der Waals surface area contributed by atoms with Gasteiger partial charge in [0, 0.05) is 19.3 Å². The third-order valence-corrected chi connectivity index (χ3v) is 12.1. The van der Waals surface area contributed by atoms with Crippen LogP contribution >= 0.6 is 0 Å². The molecule has 1 atom stereocenters. The number of hydrogen-bond acceptors (Lipinski definition) is 6. The lowest BCUT2D eigenvalue weighted by molar-refractivity contribution is -0.166. The maximum Gasteiger partial charge on any atom is 0.306 e. The summed E-state index contributed by atoms with van der Waals surface area (Å²) < 4.78 is 16.8. The molecule has 0 spiro atoms. The van der Waals surface area contributed by atoms with E-state index in [4.69, 9.17) is 14.2 Å². The Morgan fingerprint density at radius 2 is 0.603 bits per heavy atom. The van der Waals surface area contributed by atoms with Crippen LogP contribution in [0.15, 0.2) is 85.1 Å². The lowest BCUT2D eigenvalue weighted by Gasteiger charge is -2.18. The summed E-state index contributed by atoms with van der Waals surface area (Å²) in [5.74, 6) is -0.984. The molecular weight excluding hydrogens is 841 g/mol. The largest absolute Gasteiger partial charge is 0.462 e. The summed E-state index contributed by atoms with van der Waals surface area (Å²) in [5.41, 5.74) is 0. The van der Waals surface area contributed by atoms with Crippen LogP contribution < -0.4 is 0 Å². The third-order valence-electron chi connectivity index (χ3n) is 12.1. The van der Waals surface area contributed by atoms with Gasteiger partial charge in [-0.15, -0.1) is 0 Å². The van der Waals surface area contributed by atoms with Crippen molar-refractivity contribution in [3.63, 3.8) is 0 Å². The number of rotatable bonds is 51. The van der Waals surface area contributed by atoms with E-state index in [1.165, 1.54) is 148 Å². The van der Waals surface area contributed by atoms with Gasteiger partial charge in [-0.05, 0) is 83.5 Å². The van der Waals surface area contributed by atoms with Gasteiger partial charge in [-0.3, -0.25) is 14.4 Å². The highest BCUT2D eigenvalue weighted by Crippen LogP contribution is 2.16. The van der Waals surface area contributed by atoms with Crippen LogP contribution in [0.3, 0.4) is 0 Å². The minimum Gasteiger partial charge on any atom is -0.462 e. The molecule has 6 nitrogen and oxygen atoms in total. The van der Waals surface area contributed by atoms with E-state index in [1.807, 2.05) is 6.08 Å². The Bertz CT molecular complexity index is 1320. The first-order valence-electron chi connectivity index (χ1n) is 28.6. The molecule has 0 bridgehead atoms. The number of hydrogen-bond donors (Lipinski definition) is 0. The molecule has 0 fully saturated rings. The fraction of sp³-hybridized carbons (Fsp3) is 0.726. The van der Waals surface area contributed by atoms with Crippen LogP contribution in [0.4, 0.5) is 0 Å². The monoisotopic (exact) mass is 947 g/mol. The van der Waals surface area contributed by atoms with Gasteiger partial charge in [0.05, 0.1) is 0 Å². The lowest BCUT2D eigenvalue weighted by atomic mass is 10.0. The highest BCUT2D eigenvalue weighted by atomic mass is 16.6. The molecule has 0 amide bonds. The molecule has 0 heterocycles. The molecule has 0 aliphatic carbocycles. The van der Waals surface area contributed by atoms with Gasteiger partial charge in [-0.2, -0.15) is 0 Å². The van der Waals surface area contributed by atoms with E-state index in [9.17, 15) is 14.4 Å². The van der Waals surface area contributed by atoms with Gasteiger partial charge in [-0.1, -0.05) is 254 Å². The normalized spacial score (nSPS) is 12.7. The van der Waals surface area contributed by atoms with Crippen LogP contribution in [0.1, 0.15) is 271 Å². The zero-order valence-electron chi connectivity index (χ0n) is 44.6. The maximum absolute atomic E-state index is 12.8. The fourth-order valence-corrected chi connectivity index (χ4v) is 7.88. The summed E-state index contributed by atoms with van der Waals surface area (Å²) in [6.45, 7) is 6.46. The number of unbranched alkanes of at least 4 members (excludes halogenated alkanes) is 26. The number of esters is 3. The second kappa shape index (κ2) is 56.2. The van der Waals surface area contributed by atoms with Crippen molar-refractivity contribution in [3.05, 3.63) is 85.1 Å². The fourth-order valence-electron chi connectivity index (χ4n) is 7.88. The third kappa shape index (κ3) is 53.5. The predicted molar refractivity (Wildman–Crippen MR) is 293 cm³/mol. The summed E-state index contributed by atoms with van der Waals surface area (Å²) in [7, 11) is 0. The molecule has 0 aliphatic rings. The average molecular weight is 948 g/mol. The van der Waals surface area contributed by atoms with Crippen molar-refractivity contribution in [1.29, 1.82) is 0 Å². The van der Waals surface area contributed by atoms with Crippen molar-refractivity contribution < 1.29 is 28.6 Å². The second-order valence-electron chi connectivity index (χ2n) is 18.8. The standard InChI is InChI=1S/C62H106O6/c1-4-7-10-13-16-19-22-25-28-30-31-32-35-37-40-43-46-49-52-55-61(64)67-58-59(57-66-60(63)54-51-48-45-42-39-36-33-27-24-21-18-15-12-9-6-3)68-62(65)56-53-50-47-44-41-38-34-29-26-23-20-17-14-11-8-5-2/h7,10,16,19,21,24-25,28,31-32,37,40,46,49,59H,4-6,8-9,11-15,17-18,20,22-23,26-27,29-30,33-36,38-39,41-45,47-48,50-58H2,1-3H3/b10-7-,19-16-,24-21-,28-25-,32-31-,40-37-,49-46-. The van der Waals surface area contributed by atoms with Crippen molar-refractivity contribution in [1.82, 2.24) is 0 Å². The Hall–Kier alpha value is -3.41. The highest BCUT2D eigenvalue weighted by Gasteiger charge is 2.19. The van der Waals surface area contributed by atoms with Gasteiger partial charge < -0.3 is 14.2 Å². The average Bonchev–Trinajstić information content (AvgIpc) is 3.34. The smallest absolute Gasteiger partial charge is 0.306 e. The van der Waals surface area contributed by atoms with E-state index < -0.39 is 6.10 Å². The van der Waals surface area contributed by atoms with E-state index in [2.05, 4.69) is 99.8 Å². The minimum absolute atomic E-state index is 0.100. The van der Waals surface area contributed by atoms with E-state index in [-0.39, 0.29) is 37.5 Å². The lowest BCUT2D eigenvalue weighted by Crippen LogP contribution is -2.30. The predicted octanol–water partition coefficient (Wildman–Crippen LogP) is 19.2. The van der Waals surface area contributed by atoms with Crippen LogP contribution in [0, 0.1) is 0 Å². The van der Waals surface area contributed by atoms with Crippen molar-refractivity contribution in [2.45, 2.75) is 277 Å². The Morgan fingerprint density at radius 1 is 0.309 bits per heavy atom. The summed E-state index contributed by atoms with van der Waals surface area (Å²) in [6, 6.07) is 0. The number of allylic oxidation sites excluding steroid dienone is 14. The van der Waals surface area contributed by atoms with Crippen molar-refractivity contribution in [3.8, 4) is 0 Å². The van der Waals surface area contributed by atoms with Crippen LogP contribution in [0.25, 0.3) is 0 Å². The molecule has 0 aromatic rings. The first-order valence-corrected chi connectivity index (χ1v) is 28.6. The molecule has 390 valence electrons. The van der Waals surface area contributed by atoms with E-state index in [1.54, 1.807) is 0 Å². The van der Waals surface area contributed by atoms with Gasteiger partial charge in [0.1, 0.15) is 13.2 Å². The first kappa shape index (κ1) is 64.6. The summed E-state index contributed by atoms with van der Waals surface area (Å²) in [6.07, 6.45) is 72.9. The quantitative estimate of drug-likeness (QED) is 0.0262. The van der Waals surface area contributed by atoms with E-state index >= 15 is 0 Å². The highest BCUT2D eigenvalue weighted by molar-refractivity contribution is 5.71. The number of ether oxygens (including phenoxy) is 3. The molecule has 68 heavy (non-hydrogen) atoms. The maximum atomic E-state index is 12.8. The van der Waals surface area contributed by atoms with Crippen LogP contribution in [0.2, 0.25) is 0 Å². The van der Waals surface area contributed by atoms with Gasteiger partial charge in [0.25, 0.3) is 0 Å². The zero-order valence-corrected chi connectivity index (χ0v) is 44.6. The second-order valence-corrected chi connectivity index (χ2v) is 18.8. The first-order chi connectivity index (χ1) is 33.5. The van der Waals surface area contributed by atoms with Crippen LogP contribution in [-0.4, -0.2) is 37.2 Å². The summed E-state index contributed by atoms with van der Waals surface area (Å²) in [4.78, 5) is 38.1. The molecule has 6 heteroatoms. The van der Waals surface area contributed by atoms with Crippen LogP contribution in [0.5, 0.6) is 0 Å². The van der Waals surface area contributed by atoms with E-state index in [0.717, 1.165) is 77.0 Å². The van der Waals surface area contributed by atoms with Crippen LogP contribution in [-0.2, 0) is 28.6 Å². The Kier molecular flexibility index (Phi) is 53.4.